The van der Waals surface area contributed by atoms with Crippen molar-refractivity contribution in [2.45, 2.75) is 6.92 Å². The molecular weight excluding hydrogens is 235 g/mol. The van der Waals surface area contributed by atoms with Gasteiger partial charge in [-0.15, -0.1) is 0 Å². The van der Waals surface area contributed by atoms with Gasteiger partial charge in [0.15, 0.2) is 13.5 Å². The summed E-state index contributed by atoms with van der Waals surface area (Å²) >= 11 is 0. The van der Waals surface area contributed by atoms with Crippen molar-refractivity contribution in [1.29, 1.82) is 0 Å². The zero-order valence-electron chi connectivity index (χ0n) is 8.30. The number of anilines is 1. The van der Waals surface area contributed by atoms with Crippen LogP contribution in [0.5, 0.6) is 11.5 Å². The van der Waals surface area contributed by atoms with Crippen molar-refractivity contribution in [1.82, 2.24) is 0 Å². The highest BCUT2D eigenvalue weighted by Crippen LogP contribution is 2.38. The number of hydrogen-bond acceptors (Lipinski definition) is 5. The molecule has 0 amide bonds. The van der Waals surface area contributed by atoms with Crippen molar-refractivity contribution in [3.8, 4) is 11.5 Å². The van der Waals surface area contributed by atoms with E-state index in [-0.39, 0.29) is 17.0 Å². The van der Waals surface area contributed by atoms with Crippen LogP contribution in [0.2, 0.25) is 0 Å². The van der Waals surface area contributed by atoms with Gasteiger partial charge in [0.1, 0.15) is 11.5 Å². The number of carbonyl (C=O) groups excluding carboxylic acids is 1. The molecule has 0 saturated carbocycles. The summed E-state index contributed by atoms with van der Waals surface area (Å²) in [5, 5.41) is 20.4. The minimum absolute atomic E-state index is 0.168. The molecule has 0 aliphatic carbocycles. The minimum atomic E-state index is -4.39. The molecule has 7 nitrogen and oxygen atoms in total. The highest BCUT2D eigenvalue weighted by molar-refractivity contribution is 7.55. The molecular formula is C8H10N2O5P-. The number of rotatable bonds is 3. The molecule has 0 aromatic heterocycles. The third-order valence-corrected chi connectivity index (χ3v) is 2.28. The second-order valence-electron chi connectivity index (χ2n) is 3.15. The number of hydrogen-bond donors (Lipinski definition) is 4. The van der Waals surface area contributed by atoms with Crippen molar-refractivity contribution in [2.24, 2.45) is 5.50 Å². The summed E-state index contributed by atoms with van der Waals surface area (Å²) in [5.41, 5.74) is 4.24. The molecule has 0 fully saturated rings. The Kier molecular flexibility index (Phi) is 3.23. The summed E-state index contributed by atoms with van der Waals surface area (Å²) in [4.78, 5) is 22.0. The first-order valence-corrected chi connectivity index (χ1v) is 5.85. The number of nitrogens with two attached hydrogens (primary N) is 1. The van der Waals surface area contributed by atoms with Gasteiger partial charge >= 0.3 is 0 Å². The second kappa shape index (κ2) is 4.13. The Morgan fingerprint density at radius 1 is 1.50 bits per heavy atom. The topological polar surface area (TPSA) is 136 Å². The smallest absolute Gasteiger partial charge is 0.165 e. The van der Waals surface area contributed by atoms with E-state index in [0.29, 0.717) is 0 Å². The monoisotopic (exact) mass is 245 g/mol. The van der Waals surface area contributed by atoms with E-state index in [2.05, 4.69) is 0 Å². The van der Waals surface area contributed by atoms with Crippen LogP contribution in [-0.2, 0) is 4.57 Å². The average molecular weight is 245 g/mol. The van der Waals surface area contributed by atoms with Gasteiger partial charge < -0.3 is 20.2 Å². The summed E-state index contributed by atoms with van der Waals surface area (Å²) < 4.78 is 10.8. The van der Waals surface area contributed by atoms with Gasteiger partial charge in [0.2, 0.25) is 0 Å². The van der Waals surface area contributed by atoms with Crippen LogP contribution in [0, 0.1) is 0 Å². The van der Waals surface area contributed by atoms with E-state index in [0.717, 1.165) is 19.1 Å². The van der Waals surface area contributed by atoms with Gasteiger partial charge in [-0.25, -0.2) is 0 Å². The third-order valence-electron chi connectivity index (χ3n) is 1.75. The molecule has 1 aromatic rings. The lowest BCUT2D eigenvalue weighted by atomic mass is 10.1. The largest absolute Gasteiger partial charge is 0.772 e. The molecule has 0 aliphatic rings. The molecule has 0 aliphatic heterocycles. The number of ketones is 1. The van der Waals surface area contributed by atoms with Crippen LogP contribution in [-0.4, -0.2) is 16.0 Å². The number of nitrogens with one attached hydrogen (secondary N) is 1. The van der Waals surface area contributed by atoms with Crippen molar-refractivity contribution in [2.75, 3.05) is 5.09 Å². The van der Waals surface area contributed by atoms with Gasteiger partial charge in [0.25, 0.3) is 0 Å². The number of benzene rings is 1. The number of carbonyl (C=O) groups is 1. The summed E-state index contributed by atoms with van der Waals surface area (Å²) in [6, 6.07) is 1.92. The molecule has 1 atom stereocenters. The molecule has 88 valence electrons. The number of Topliss-reactive ketones (excluding diaryl/α,β-unsaturated/α-hetero) is 1. The maximum atomic E-state index is 11.2. The van der Waals surface area contributed by atoms with Crippen LogP contribution in [0.15, 0.2) is 12.1 Å². The fourth-order valence-corrected chi connectivity index (χ4v) is 1.71. The predicted molar refractivity (Wildman–Crippen MR) is 55.2 cm³/mol. The van der Waals surface area contributed by atoms with E-state index >= 15 is 0 Å². The lowest BCUT2D eigenvalue weighted by Crippen LogP contribution is -2.18. The molecule has 1 aromatic carbocycles. The van der Waals surface area contributed by atoms with Crippen LogP contribution < -0.4 is 15.5 Å². The van der Waals surface area contributed by atoms with Crippen LogP contribution in [0.3, 0.4) is 0 Å². The van der Waals surface area contributed by atoms with Crippen molar-refractivity contribution < 1.29 is 24.5 Å². The van der Waals surface area contributed by atoms with Crippen molar-refractivity contribution >= 4 is 19.1 Å². The summed E-state index contributed by atoms with van der Waals surface area (Å²) in [7, 11) is -4.39. The summed E-state index contributed by atoms with van der Waals surface area (Å²) in [6.45, 7) is 1.16. The Balaban J connectivity index is 3.36. The van der Waals surface area contributed by atoms with E-state index in [1.54, 1.807) is 0 Å². The van der Waals surface area contributed by atoms with E-state index in [1.807, 2.05) is 5.09 Å². The van der Waals surface area contributed by atoms with Crippen molar-refractivity contribution in [3.63, 3.8) is 0 Å². The lowest BCUT2D eigenvalue weighted by molar-refractivity contribution is -0.173. The van der Waals surface area contributed by atoms with Crippen LogP contribution in [0.25, 0.3) is 0 Å². The molecule has 8 heteroatoms. The molecule has 1 rings (SSSR count). The molecule has 0 saturated heterocycles. The Morgan fingerprint density at radius 3 is 2.50 bits per heavy atom. The standard InChI is InChI=1S/C8H11N2O5P/c1-4(11)6-2-5(12)3-7(13)8(6)10-16(9,14)15/h2-3,12-13H,1H3,(H4,9,10,14,15)/p-1. The Hall–Kier alpha value is -1.56. The summed E-state index contributed by atoms with van der Waals surface area (Å²) in [5.74, 6) is -1.46. The molecule has 0 spiro atoms. The number of phenolic OH excluding ortho intramolecular Hbond substituents is 2. The Labute approximate surface area is 91.1 Å². The molecule has 1 unspecified atom stereocenters. The first kappa shape index (κ1) is 12.5. The van der Waals surface area contributed by atoms with E-state index in [9.17, 15) is 19.4 Å². The van der Waals surface area contributed by atoms with Gasteiger partial charge in [-0.05, 0) is 13.0 Å². The highest BCUT2D eigenvalue weighted by atomic mass is 31.2. The first-order valence-electron chi connectivity index (χ1n) is 4.15. The van der Waals surface area contributed by atoms with Crippen LogP contribution in [0.4, 0.5) is 5.69 Å². The number of phenols is 2. The molecule has 0 radical (unpaired) electrons. The molecule has 0 heterocycles. The Bertz CT molecular complexity index is 482. The van der Waals surface area contributed by atoms with Gasteiger partial charge in [-0.3, -0.25) is 14.9 Å². The van der Waals surface area contributed by atoms with E-state index in [1.165, 1.54) is 0 Å². The second-order valence-corrected chi connectivity index (χ2v) is 4.57. The Morgan fingerprint density at radius 2 is 2.06 bits per heavy atom. The zero-order valence-corrected chi connectivity index (χ0v) is 9.19. The predicted octanol–water partition coefficient (Wildman–Crippen LogP) is 0.139. The molecule has 5 N–H and O–H groups in total. The van der Waals surface area contributed by atoms with E-state index < -0.39 is 19.2 Å². The van der Waals surface area contributed by atoms with E-state index in [4.69, 9.17) is 10.6 Å². The van der Waals surface area contributed by atoms with Crippen molar-refractivity contribution in [3.05, 3.63) is 17.7 Å². The minimum Gasteiger partial charge on any atom is -0.772 e. The van der Waals surface area contributed by atoms with Crippen LogP contribution >= 0.6 is 7.67 Å². The maximum absolute atomic E-state index is 11.2. The first-order chi connectivity index (χ1) is 7.20. The average Bonchev–Trinajstić information content (AvgIpc) is 2.07. The van der Waals surface area contributed by atoms with Gasteiger partial charge in [-0.2, -0.15) is 0 Å². The fourth-order valence-electron chi connectivity index (χ4n) is 1.16. The van der Waals surface area contributed by atoms with Gasteiger partial charge in [-0.1, -0.05) is 0 Å². The normalized spacial score (nSPS) is 14.2. The molecule has 16 heavy (non-hydrogen) atoms. The fraction of sp³-hybridized carbons (Fsp3) is 0.125. The third kappa shape index (κ3) is 2.96. The quantitative estimate of drug-likeness (QED) is 0.257. The highest BCUT2D eigenvalue weighted by Gasteiger charge is 2.16. The number of aromatic hydroxyl groups is 2. The molecule has 0 bridgehead atoms. The maximum Gasteiger partial charge on any atom is 0.165 e. The van der Waals surface area contributed by atoms with Gasteiger partial charge in [0, 0.05) is 11.6 Å². The van der Waals surface area contributed by atoms with Crippen LogP contribution in [0.1, 0.15) is 17.3 Å². The van der Waals surface area contributed by atoms with Gasteiger partial charge in [0.05, 0.1) is 5.69 Å². The summed E-state index contributed by atoms with van der Waals surface area (Å²) in [6.07, 6.45) is 0. The lowest BCUT2D eigenvalue weighted by Gasteiger charge is -2.22. The SMILES string of the molecule is CC(=O)c1cc(O)cc(O)c1NP(N)(=O)[O-]. The zero-order chi connectivity index (χ0) is 12.5.